The van der Waals surface area contributed by atoms with E-state index in [9.17, 15) is 10.2 Å². The largest absolute Gasteiger partial charge is 0.508 e. The van der Waals surface area contributed by atoms with E-state index in [-0.39, 0.29) is 12.4 Å². The summed E-state index contributed by atoms with van der Waals surface area (Å²) in [5, 5.41) is 27.9. The second kappa shape index (κ2) is 6.92. The van der Waals surface area contributed by atoms with Crippen LogP contribution in [0.25, 0.3) is 0 Å². The molecule has 2 aromatic rings. The van der Waals surface area contributed by atoms with Crippen molar-refractivity contribution in [1.82, 2.24) is 0 Å². The molecule has 20 heavy (non-hydrogen) atoms. The molecule has 0 radical (unpaired) electrons. The first-order valence-corrected chi connectivity index (χ1v) is 7.91. The first-order chi connectivity index (χ1) is 9.51. The van der Waals surface area contributed by atoms with Gasteiger partial charge in [-0.05, 0) is 87.1 Å². The first-order valence-electron chi connectivity index (χ1n) is 5.76. The van der Waals surface area contributed by atoms with Gasteiger partial charge in [0, 0.05) is 0 Å². The minimum Gasteiger partial charge on any atom is -0.508 e. The summed E-state index contributed by atoms with van der Waals surface area (Å²) in [5.41, 5.74) is 0.652. The van der Waals surface area contributed by atoms with Gasteiger partial charge in [0.1, 0.15) is 17.6 Å². The van der Waals surface area contributed by atoms with Gasteiger partial charge in [-0.1, -0.05) is 0 Å². The van der Waals surface area contributed by atoms with Crippen molar-refractivity contribution in [2.24, 2.45) is 0 Å². The van der Waals surface area contributed by atoms with Gasteiger partial charge in [0.2, 0.25) is 0 Å². The lowest BCUT2D eigenvalue weighted by Crippen LogP contribution is -2.04. The number of phenolic OH excluding ortho intramolecular Hbond substituents is 1. The van der Waals surface area contributed by atoms with E-state index in [0.29, 0.717) is 17.1 Å². The van der Waals surface area contributed by atoms with Gasteiger partial charge in [0.05, 0.1) is 13.7 Å². The molecule has 0 aromatic heterocycles. The fourth-order valence-electron chi connectivity index (χ4n) is 1.61. The third kappa shape index (κ3) is 3.74. The second-order valence-corrected chi connectivity index (χ2v) is 6.43. The number of aliphatic hydroxyl groups excluding tert-OH is 2. The van der Waals surface area contributed by atoms with Crippen LogP contribution in [0.3, 0.4) is 0 Å². The van der Waals surface area contributed by atoms with Gasteiger partial charge in [-0.15, -0.1) is 0 Å². The predicted octanol–water partition coefficient (Wildman–Crippen LogP) is 3.42. The van der Waals surface area contributed by atoms with Crippen LogP contribution in [0.15, 0.2) is 36.4 Å². The molecule has 6 heteroatoms. The number of hydrogen-bond donors (Lipinski definition) is 3. The lowest BCUT2D eigenvalue weighted by Gasteiger charge is -2.14. The zero-order valence-corrected chi connectivity index (χ0v) is 14.6. The molecule has 3 N–H and O–H groups in total. The highest BCUT2D eigenvalue weighted by molar-refractivity contribution is 14.1. The molecule has 0 saturated carbocycles. The highest BCUT2D eigenvalue weighted by Crippen LogP contribution is 2.34. The van der Waals surface area contributed by atoms with Gasteiger partial charge in [0.25, 0.3) is 0 Å². The van der Waals surface area contributed by atoms with Crippen LogP contribution in [-0.4, -0.2) is 21.9 Å². The number of hydrogen-bond acceptors (Lipinski definition) is 4. The molecule has 0 aliphatic carbocycles. The van der Waals surface area contributed by atoms with E-state index >= 15 is 0 Å². The highest BCUT2D eigenvalue weighted by Gasteiger charge is 2.14. The average molecular weight is 498 g/mol. The van der Waals surface area contributed by atoms with E-state index in [1.165, 1.54) is 0 Å². The molecule has 106 valence electrons. The van der Waals surface area contributed by atoms with Crippen molar-refractivity contribution in [3.05, 3.63) is 49.1 Å². The van der Waals surface area contributed by atoms with Crippen molar-refractivity contribution in [3.63, 3.8) is 0 Å². The Hall–Kier alpha value is -0.580. The zero-order valence-electron chi connectivity index (χ0n) is 10.3. The predicted molar refractivity (Wildman–Crippen MR) is 92.1 cm³/mol. The summed E-state index contributed by atoms with van der Waals surface area (Å²) < 4.78 is 7.47. The maximum Gasteiger partial charge on any atom is 0.154 e. The molecule has 4 nitrogen and oxygen atoms in total. The molecule has 1 atom stereocenters. The molecule has 0 amide bonds. The van der Waals surface area contributed by atoms with Crippen molar-refractivity contribution < 1.29 is 20.1 Å². The summed E-state index contributed by atoms with van der Waals surface area (Å²) in [4.78, 5) is 0. The summed E-state index contributed by atoms with van der Waals surface area (Å²) >= 11 is 4.25. The molecule has 2 rings (SSSR count). The Morgan fingerprint density at radius 2 is 1.60 bits per heavy atom. The van der Waals surface area contributed by atoms with E-state index in [4.69, 9.17) is 9.84 Å². The molecule has 0 spiro atoms. The molecule has 0 saturated heterocycles. The van der Waals surface area contributed by atoms with E-state index in [2.05, 4.69) is 45.2 Å². The Morgan fingerprint density at radius 1 is 1.05 bits per heavy atom. The SMILES string of the molecule is OCC(O)c1cc(I)c(Oc2ccc(O)cc2)c(I)c1. The van der Waals surface area contributed by atoms with Gasteiger partial charge in [-0.3, -0.25) is 0 Å². The molecular weight excluding hydrogens is 486 g/mol. The van der Waals surface area contributed by atoms with Gasteiger partial charge < -0.3 is 20.1 Å². The molecule has 1 unspecified atom stereocenters. The Kier molecular flexibility index (Phi) is 5.47. The van der Waals surface area contributed by atoms with Crippen LogP contribution >= 0.6 is 45.2 Å². The monoisotopic (exact) mass is 498 g/mol. The number of rotatable bonds is 4. The Balaban J connectivity index is 2.30. The molecule has 0 heterocycles. The van der Waals surface area contributed by atoms with E-state index < -0.39 is 6.10 Å². The van der Waals surface area contributed by atoms with E-state index in [1.807, 2.05) is 0 Å². The van der Waals surface area contributed by atoms with Gasteiger partial charge in [-0.2, -0.15) is 0 Å². The quantitative estimate of drug-likeness (QED) is 0.566. The summed E-state index contributed by atoms with van der Waals surface area (Å²) in [6, 6.07) is 10.0. The number of halogens is 2. The van der Waals surface area contributed by atoms with Crippen LogP contribution in [0.5, 0.6) is 17.2 Å². The first kappa shape index (κ1) is 15.8. The highest BCUT2D eigenvalue weighted by atomic mass is 127. The number of phenols is 1. The van der Waals surface area contributed by atoms with Gasteiger partial charge in [0.15, 0.2) is 5.75 Å². The number of benzene rings is 2. The van der Waals surface area contributed by atoms with Crippen molar-refractivity contribution in [3.8, 4) is 17.2 Å². The Morgan fingerprint density at radius 3 is 2.10 bits per heavy atom. The summed E-state index contributed by atoms with van der Waals surface area (Å²) in [6.07, 6.45) is -0.889. The number of ether oxygens (including phenoxy) is 1. The van der Waals surface area contributed by atoms with Crippen molar-refractivity contribution in [2.75, 3.05) is 6.61 Å². The molecule has 0 aliphatic rings. The van der Waals surface area contributed by atoms with Crippen molar-refractivity contribution in [2.45, 2.75) is 6.10 Å². The lowest BCUT2D eigenvalue weighted by atomic mass is 10.1. The Bertz CT molecular complexity index is 576. The second-order valence-electron chi connectivity index (χ2n) is 4.11. The van der Waals surface area contributed by atoms with Crippen LogP contribution in [0.1, 0.15) is 11.7 Å². The Labute approximate surface area is 143 Å². The zero-order chi connectivity index (χ0) is 14.7. The molecule has 0 fully saturated rings. The molecule has 0 aliphatic heterocycles. The fraction of sp³-hybridized carbons (Fsp3) is 0.143. The number of aliphatic hydroxyl groups is 2. The standard InChI is InChI=1S/C14H12I2O4/c15-11-5-8(13(19)7-17)6-12(16)14(11)20-10-3-1-9(18)2-4-10/h1-6,13,17-19H,7H2. The van der Waals surface area contributed by atoms with E-state index in [0.717, 1.165) is 7.14 Å². The van der Waals surface area contributed by atoms with Crippen LogP contribution in [0, 0.1) is 7.14 Å². The summed E-state index contributed by atoms with van der Waals surface area (Å²) in [5.74, 6) is 1.49. The third-order valence-corrected chi connectivity index (χ3v) is 4.24. The minimum atomic E-state index is -0.889. The summed E-state index contributed by atoms with van der Waals surface area (Å²) in [6.45, 7) is -0.315. The number of aromatic hydroxyl groups is 1. The van der Waals surface area contributed by atoms with Gasteiger partial charge in [-0.25, -0.2) is 0 Å². The summed E-state index contributed by atoms with van der Waals surface area (Å²) in [7, 11) is 0. The minimum absolute atomic E-state index is 0.183. The van der Waals surface area contributed by atoms with Crippen molar-refractivity contribution in [1.29, 1.82) is 0 Å². The topological polar surface area (TPSA) is 69.9 Å². The average Bonchev–Trinajstić information content (AvgIpc) is 2.43. The smallest absolute Gasteiger partial charge is 0.154 e. The van der Waals surface area contributed by atoms with Gasteiger partial charge >= 0.3 is 0 Å². The lowest BCUT2D eigenvalue weighted by molar-refractivity contribution is 0.0955. The maximum atomic E-state index is 9.66. The third-order valence-electron chi connectivity index (χ3n) is 2.63. The maximum absolute atomic E-state index is 9.66. The van der Waals surface area contributed by atoms with E-state index in [1.54, 1.807) is 36.4 Å². The van der Waals surface area contributed by atoms with Crippen LogP contribution in [-0.2, 0) is 0 Å². The van der Waals surface area contributed by atoms with Crippen LogP contribution in [0.2, 0.25) is 0 Å². The molecule has 2 aromatic carbocycles. The van der Waals surface area contributed by atoms with Crippen LogP contribution in [0.4, 0.5) is 0 Å². The normalized spacial score (nSPS) is 12.2. The molecular formula is C14H12I2O4. The van der Waals surface area contributed by atoms with Crippen LogP contribution < -0.4 is 4.74 Å². The fourth-order valence-corrected chi connectivity index (χ4v) is 3.64. The molecule has 0 bridgehead atoms. The van der Waals surface area contributed by atoms with Crippen molar-refractivity contribution >= 4 is 45.2 Å².